The van der Waals surface area contributed by atoms with Gasteiger partial charge in [0.2, 0.25) is 5.78 Å². The molecule has 1 saturated carbocycles. The van der Waals surface area contributed by atoms with Crippen LogP contribution in [0.1, 0.15) is 47.2 Å². The number of ether oxygens (including phenoxy) is 1. The van der Waals surface area contributed by atoms with Crippen molar-refractivity contribution in [2.24, 2.45) is 5.92 Å². The summed E-state index contributed by atoms with van der Waals surface area (Å²) in [6.07, 6.45) is 5.03. The van der Waals surface area contributed by atoms with Crippen molar-refractivity contribution < 1.29 is 9.53 Å². The molecule has 5 aromatic heterocycles. The zero-order chi connectivity index (χ0) is 24.1. The summed E-state index contributed by atoms with van der Waals surface area (Å²) in [4.78, 5) is 27.3. The molecule has 0 aromatic carbocycles. The van der Waals surface area contributed by atoms with E-state index in [-0.39, 0.29) is 5.78 Å². The Balaban J connectivity index is 1.54. The van der Waals surface area contributed by atoms with Gasteiger partial charge in [-0.15, -0.1) is 0 Å². The highest BCUT2D eigenvalue weighted by atomic mass is 16.5. The number of ketones is 1. The molecule has 0 N–H and O–H groups in total. The fourth-order valence-corrected chi connectivity index (χ4v) is 4.75. The van der Waals surface area contributed by atoms with Gasteiger partial charge < -0.3 is 9.30 Å². The van der Waals surface area contributed by atoms with Crippen LogP contribution in [0, 0.1) is 12.8 Å². The molecule has 7 nitrogen and oxygen atoms in total. The molecule has 1 aliphatic carbocycles. The molecule has 0 spiro atoms. The van der Waals surface area contributed by atoms with Gasteiger partial charge in [0.25, 0.3) is 0 Å². The van der Waals surface area contributed by atoms with Crippen molar-refractivity contribution in [2.45, 2.75) is 39.7 Å². The second kappa shape index (κ2) is 8.34. The minimum Gasteiger partial charge on any atom is -0.482 e. The van der Waals surface area contributed by atoms with Crippen LogP contribution in [0.2, 0.25) is 0 Å². The van der Waals surface area contributed by atoms with Crippen molar-refractivity contribution in [1.82, 2.24) is 23.9 Å². The predicted molar refractivity (Wildman–Crippen MR) is 135 cm³/mol. The van der Waals surface area contributed by atoms with Crippen LogP contribution >= 0.6 is 0 Å². The standard InChI is InChI=1S/C28H27N5O2/c1-4-21-11-10-19-13-23(32(28(19)30-21)16-18-8-9-18)26-17(2)33-24(31-26)14-20(15-25(33)35-3)27(34)22-7-5-6-12-29-22/h5-7,10-15,18H,4,8-9,16H2,1-3H3. The number of aromatic nitrogens is 5. The molecule has 176 valence electrons. The number of imidazole rings is 1. The highest BCUT2D eigenvalue weighted by Crippen LogP contribution is 2.37. The summed E-state index contributed by atoms with van der Waals surface area (Å²) in [5.41, 5.74) is 6.55. The van der Waals surface area contributed by atoms with Crippen LogP contribution in [0.15, 0.2) is 54.7 Å². The fourth-order valence-electron chi connectivity index (χ4n) is 4.75. The Morgan fingerprint density at radius 1 is 1.11 bits per heavy atom. The predicted octanol–water partition coefficient (Wildman–Crippen LogP) is 5.27. The number of fused-ring (bicyclic) bond motifs is 2. The highest BCUT2D eigenvalue weighted by molar-refractivity contribution is 6.08. The van der Waals surface area contributed by atoms with Gasteiger partial charge in [0.1, 0.15) is 22.7 Å². The fraction of sp³-hybridized carbons (Fsp3) is 0.286. The third kappa shape index (κ3) is 3.67. The number of rotatable bonds is 7. The molecule has 0 aliphatic heterocycles. The number of hydrogen-bond acceptors (Lipinski definition) is 5. The Morgan fingerprint density at radius 2 is 1.97 bits per heavy atom. The van der Waals surface area contributed by atoms with Gasteiger partial charge in [0.05, 0.1) is 18.5 Å². The Kier molecular flexibility index (Phi) is 5.13. The molecule has 1 aliphatic rings. The van der Waals surface area contributed by atoms with E-state index in [4.69, 9.17) is 14.7 Å². The molecule has 1 fully saturated rings. The smallest absolute Gasteiger partial charge is 0.211 e. The summed E-state index contributed by atoms with van der Waals surface area (Å²) in [6, 6.07) is 15.3. The molecular formula is C28H27N5O2. The molecule has 5 aromatic rings. The molecule has 35 heavy (non-hydrogen) atoms. The van der Waals surface area contributed by atoms with E-state index in [1.165, 1.54) is 12.8 Å². The van der Waals surface area contributed by atoms with Gasteiger partial charge in [-0.1, -0.05) is 13.0 Å². The first kappa shape index (κ1) is 21.5. The molecule has 7 heteroatoms. The number of pyridine rings is 3. The molecule has 6 rings (SSSR count). The van der Waals surface area contributed by atoms with Gasteiger partial charge in [-0.2, -0.15) is 0 Å². The van der Waals surface area contributed by atoms with E-state index in [0.29, 0.717) is 28.7 Å². The molecule has 0 saturated heterocycles. The Morgan fingerprint density at radius 3 is 2.69 bits per heavy atom. The number of nitrogens with zero attached hydrogens (tertiary/aromatic N) is 5. The van der Waals surface area contributed by atoms with E-state index in [1.54, 1.807) is 31.5 Å². The second-order valence-corrected chi connectivity index (χ2v) is 9.22. The molecule has 0 bridgehead atoms. The largest absolute Gasteiger partial charge is 0.482 e. The summed E-state index contributed by atoms with van der Waals surface area (Å²) in [5, 5.41) is 1.12. The minimum absolute atomic E-state index is 0.159. The van der Waals surface area contributed by atoms with Crippen LogP contribution in [-0.2, 0) is 13.0 Å². The summed E-state index contributed by atoms with van der Waals surface area (Å²) < 4.78 is 10.0. The lowest BCUT2D eigenvalue weighted by Crippen LogP contribution is -2.06. The monoisotopic (exact) mass is 465 g/mol. The lowest BCUT2D eigenvalue weighted by molar-refractivity contribution is 0.103. The highest BCUT2D eigenvalue weighted by Gasteiger charge is 2.27. The van der Waals surface area contributed by atoms with E-state index >= 15 is 0 Å². The molecule has 5 heterocycles. The second-order valence-electron chi connectivity index (χ2n) is 9.22. The van der Waals surface area contributed by atoms with Crippen molar-refractivity contribution in [1.29, 1.82) is 0 Å². The molecule has 0 amide bonds. The maximum absolute atomic E-state index is 13.1. The summed E-state index contributed by atoms with van der Waals surface area (Å²) in [6.45, 7) is 5.11. The maximum atomic E-state index is 13.1. The van der Waals surface area contributed by atoms with Crippen LogP contribution < -0.4 is 4.74 Å². The van der Waals surface area contributed by atoms with Crippen molar-refractivity contribution in [2.75, 3.05) is 7.11 Å². The van der Waals surface area contributed by atoms with Crippen LogP contribution in [0.5, 0.6) is 5.88 Å². The lowest BCUT2D eigenvalue weighted by atomic mass is 10.1. The summed E-state index contributed by atoms with van der Waals surface area (Å²) >= 11 is 0. The van der Waals surface area contributed by atoms with E-state index in [9.17, 15) is 4.79 Å². The van der Waals surface area contributed by atoms with E-state index < -0.39 is 0 Å². The average molecular weight is 466 g/mol. The zero-order valence-corrected chi connectivity index (χ0v) is 20.2. The third-order valence-corrected chi connectivity index (χ3v) is 6.83. The first-order valence-electron chi connectivity index (χ1n) is 12.1. The molecular weight excluding hydrogens is 438 g/mol. The first-order chi connectivity index (χ1) is 17.1. The van der Waals surface area contributed by atoms with Crippen LogP contribution in [0.25, 0.3) is 28.1 Å². The first-order valence-corrected chi connectivity index (χ1v) is 12.1. The van der Waals surface area contributed by atoms with Crippen molar-refractivity contribution in [3.05, 3.63) is 77.4 Å². The average Bonchev–Trinajstić information content (AvgIpc) is 3.57. The van der Waals surface area contributed by atoms with E-state index in [1.807, 2.05) is 23.5 Å². The summed E-state index contributed by atoms with van der Waals surface area (Å²) in [7, 11) is 1.61. The van der Waals surface area contributed by atoms with E-state index in [0.717, 1.165) is 46.8 Å². The Hall–Kier alpha value is -4.00. The van der Waals surface area contributed by atoms with Crippen molar-refractivity contribution in [3.8, 4) is 17.3 Å². The van der Waals surface area contributed by atoms with Gasteiger partial charge in [0, 0.05) is 35.5 Å². The van der Waals surface area contributed by atoms with E-state index in [2.05, 4.69) is 34.7 Å². The van der Waals surface area contributed by atoms with Crippen LogP contribution in [-0.4, -0.2) is 36.8 Å². The van der Waals surface area contributed by atoms with Gasteiger partial charge in [-0.3, -0.25) is 14.2 Å². The number of aryl methyl sites for hydroxylation is 2. The van der Waals surface area contributed by atoms with Gasteiger partial charge in [-0.25, -0.2) is 9.97 Å². The van der Waals surface area contributed by atoms with Crippen molar-refractivity contribution >= 4 is 22.5 Å². The maximum Gasteiger partial charge on any atom is 0.211 e. The normalized spacial score (nSPS) is 13.6. The van der Waals surface area contributed by atoms with Crippen LogP contribution in [0.3, 0.4) is 0 Å². The third-order valence-electron chi connectivity index (χ3n) is 6.83. The number of carbonyl (C=O) groups is 1. The SMILES string of the molecule is CCc1ccc2cc(-c3nc4cc(C(=O)c5ccccn5)cc(OC)n4c3C)n(CC3CC3)c2n1. The van der Waals surface area contributed by atoms with Gasteiger partial charge in [0.15, 0.2) is 5.88 Å². The number of hydrogen-bond donors (Lipinski definition) is 0. The number of methoxy groups -OCH3 is 1. The van der Waals surface area contributed by atoms with Gasteiger partial charge in [-0.05, 0) is 68.5 Å². The molecule has 0 radical (unpaired) electrons. The van der Waals surface area contributed by atoms with Crippen molar-refractivity contribution in [3.63, 3.8) is 0 Å². The zero-order valence-electron chi connectivity index (χ0n) is 20.2. The molecule has 0 atom stereocenters. The number of carbonyl (C=O) groups excluding carboxylic acids is 1. The summed E-state index contributed by atoms with van der Waals surface area (Å²) in [5.74, 6) is 1.09. The quantitative estimate of drug-likeness (QED) is 0.306. The molecule has 0 unspecified atom stereocenters. The Labute approximate surface area is 203 Å². The van der Waals surface area contributed by atoms with Crippen LogP contribution in [0.4, 0.5) is 0 Å². The minimum atomic E-state index is -0.159. The van der Waals surface area contributed by atoms with Gasteiger partial charge >= 0.3 is 0 Å². The lowest BCUT2D eigenvalue weighted by Gasteiger charge is -2.10. The topological polar surface area (TPSA) is 74.3 Å². The Bertz CT molecular complexity index is 1580.